The molecule has 1 heterocycles. The Bertz CT molecular complexity index is 286. The van der Waals surface area contributed by atoms with Crippen molar-refractivity contribution in [1.82, 2.24) is 10.6 Å². The van der Waals surface area contributed by atoms with Gasteiger partial charge in [-0.25, -0.2) is 4.79 Å². The quantitative estimate of drug-likeness (QED) is 0.793. The topological polar surface area (TPSA) is 50.4 Å². The second-order valence-electron chi connectivity index (χ2n) is 6.47. The van der Waals surface area contributed by atoms with Crippen LogP contribution in [-0.2, 0) is 4.74 Å². The van der Waals surface area contributed by atoms with Gasteiger partial charge in [0.1, 0.15) is 5.60 Å². The maximum Gasteiger partial charge on any atom is 0.408 e. The fourth-order valence-electron chi connectivity index (χ4n) is 2.49. The van der Waals surface area contributed by atoms with E-state index in [9.17, 15) is 4.79 Å². The molecule has 4 nitrogen and oxygen atoms in total. The number of amides is 1. The molecule has 17 heavy (non-hydrogen) atoms. The van der Waals surface area contributed by atoms with Crippen LogP contribution in [0.25, 0.3) is 0 Å². The summed E-state index contributed by atoms with van der Waals surface area (Å²) in [7, 11) is 0. The first-order valence-corrected chi connectivity index (χ1v) is 6.60. The molecule has 2 N–H and O–H groups in total. The van der Waals surface area contributed by atoms with Crippen molar-refractivity contribution in [3.63, 3.8) is 0 Å². The summed E-state index contributed by atoms with van der Waals surface area (Å²) in [6.45, 7) is 7.90. The monoisotopic (exact) mass is 240 g/mol. The molecule has 1 aliphatic carbocycles. The maximum atomic E-state index is 11.7. The normalized spacial score (nSPS) is 26.6. The molecule has 0 aromatic rings. The van der Waals surface area contributed by atoms with Gasteiger partial charge in [-0.15, -0.1) is 0 Å². The lowest BCUT2D eigenvalue weighted by molar-refractivity contribution is 0.0489. The zero-order valence-electron chi connectivity index (χ0n) is 11.1. The van der Waals surface area contributed by atoms with Gasteiger partial charge >= 0.3 is 6.09 Å². The van der Waals surface area contributed by atoms with E-state index in [1.54, 1.807) is 0 Å². The molecule has 0 spiro atoms. The minimum atomic E-state index is -0.408. The molecule has 2 aliphatic rings. The summed E-state index contributed by atoms with van der Waals surface area (Å²) in [4.78, 5) is 11.7. The lowest BCUT2D eigenvalue weighted by Crippen LogP contribution is -2.41. The summed E-state index contributed by atoms with van der Waals surface area (Å²) < 4.78 is 5.31. The summed E-state index contributed by atoms with van der Waals surface area (Å²) in [5, 5.41) is 6.43. The number of carbonyl (C=O) groups excluding carboxylic acids is 1. The third-order valence-corrected chi connectivity index (χ3v) is 3.46. The predicted molar refractivity (Wildman–Crippen MR) is 66.9 cm³/mol. The second kappa shape index (κ2) is 4.48. The van der Waals surface area contributed by atoms with E-state index in [4.69, 9.17) is 4.74 Å². The molecule has 4 heteroatoms. The van der Waals surface area contributed by atoms with Gasteiger partial charge in [0.2, 0.25) is 0 Å². The fourth-order valence-corrected chi connectivity index (χ4v) is 2.49. The summed E-state index contributed by atoms with van der Waals surface area (Å²) >= 11 is 0. The molecule has 2 fully saturated rings. The van der Waals surface area contributed by atoms with Crippen molar-refractivity contribution in [3.05, 3.63) is 0 Å². The minimum Gasteiger partial charge on any atom is -0.444 e. The Morgan fingerprint density at radius 3 is 2.65 bits per heavy atom. The highest BCUT2D eigenvalue weighted by molar-refractivity contribution is 5.69. The van der Waals surface area contributed by atoms with Gasteiger partial charge in [-0.05, 0) is 65.5 Å². The van der Waals surface area contributed by atoms with Crippen LogP contribution in [0.4, 0.5) is 4.79 Å². The Labute approximate surface area is 103 Å². The highest BCUT2D eigenvalue weighted by Crippen LogP contribution is 2.42. The summed E-state index contributed by atoms with van der Waals surface area (Å²) in [5.41, 5.74) is -0.367. The van der Waals surface area contributed by atoms with E-state index in [0.717, 1.165) is 32.4 Å². The number of alkyl carbamates (subject to hydrolysis) is 1. The number of carbonyl (C=O) groups is 1. The molecule has 0 radical (unpaired) electrons. The Morgan fingerprint density at radius 1 is 1.47 bits per heavy atom. The number of rotatable bonds is 3. The van der Waals surface area contributed by atoms with Crippen molar-refractivity contribution in [1.29, 1.82) is 0 Å². The van der Waals surface area contributed by atoms with Crippen molar-refractivity contribution in [2.45, 2.75) is 57.6 Å². The van der Waals surface area contributed by atoms with Gasteiger partial charge < -0.3 is 15.4 Å². The highest BCUT2D eigenvalue weighted by Gasteiger charge is 2.46. The van der Waals surface area contributed by atoms with E-state index in [1.165, 1.54) is 6.42 Å². The maximum absolute atomic E-state index is 11.7. The molecule has 0 aromatic carbocycles. The Balaban J connectivity index is 1.79. The number of hydrogen-bond donors (Lipinski definition) is 2. The van der Waals surface area contributed by atoms with E-state index in [2.05, 4.69) is 10.6 Å². The smallest absolute Gasteiger partial charge is 0.408 e. The molecule has 1 unspecified atom stereocenters. The standard InChI is InChI=1S/C13H24N2O2/c1-12(2,3)17-11(16)15-13(5-6-13)8-10-4-7-14-9-10/h10,14H,4-9H2,1-3H3,(H,15,16). The zero-order chi connectivity index (χ0) is 12.5. The first kappa shape index (κ1) is 12.7. The summed E-state index contributed by atoms with van der Waals surface area (Å²) in [5.74, 6) is 0.715. The molecule has 98 valence electrons. The van der Waals surface area contributed by atoms with Crippen LogP contribution in [0.15, 0.2) is 0 Å². The molecule has 1 saturated heterocycles. The number of hydrogen-bond acceptors (Lipinski definition) is 3. The largest absolute Gasteiger partial charge is 0.444 e. The first-order chi connectivity index (χ1) is 7.89. The van der Waals surface area contributed by atoms with E-state index in [1.807, 2.05) is 20.8 Å². The highest BCUT2D eigenvalue weighted by atomic mass is 16.6. The van der Waals surface area contributed by atoms with Crippen LogP contribution < -0.4 is 10.6 Å². The van der Waals surface area contributed by atoms with Gasteiger partial charge in [0.05, 0.1) is 0 Å². The molecule has 1 saturated carbocycles. The average Bonchev–Trinajstić information content (AvgIpc) is 2.72. The van der Waals surface area contributed by atoms with Gasteiger partial charge in [-0.1, -0.05) is 0 Å². The van der Waals surface area contributed by atoms with E-state index < -0.39 is 5.60 Å². The number of ether oxygens (including phenoxy) is 1. The minimum absolute atomic E-state index is 0.0407. The van der Waals surface area contributed by atoms with E-state index in [-0.39, 0.29) is 11.6 Å². The SMILES string of the molecule is CC(C)(C)OC(=O)NC1(CC2CCNC2)CC1. The Kier molecular flexibility index (Phi) is 3.34. The first-order valence-electron chi connectivity index (χ1n) is 6.60. The second-order valence-corrected chi connectivity index (χ2v) is 6.47. The molecule has 1 amide bonds. The number of nitrogens with one attached hydrogen (secondary N) is 2. The van der Waals surface area contributed by atoms with Crippen molar-refractivity contribution in [2.75, 3.05) is 13.1 Å². The molecular weight excluding hydrogens is 216 g/mol. The van der Waals surface area contributed by atoms with Gasteiger partial charge in [-0.3, -0.25) is 0 Å². The van der Waals surface area contributed by atoms with Crippen molar-refractivity contribution in [3.8, 4) is 0 Å². The molecule has 0 bridgehead atoms. The van der Waals surface area contributed by atoms with Gasteiger partial charge in [-0.2, -0.15) is 0 Å². The van der Waals surface area contributed by atoms with Crippen LogP contribution in [0.2, 0.25) is 0 Å². The zero-order valence-corrected chi connectivity index (χ0v) is 11.1. The van der Waals surface area contributed by atoms with Crippen LogP contribution in [-0.4, -0.2) is 30.3 Å². The lowest BCUT2D eigenvalue weighted by Gasteiger charge is -2.24. The molecule has 2 rings (SSSR count). The van der Waals surface area contributed by atoms with Crippen molar-refractivity contribution < 1.29 is 9.53 Å². The average molecular weight is 240 g/mol. The molecule has 1 atom stereocenters. The molecular formula is C13H24N2O2. The van der Waals surface area contributed by atoms with Crippen LogP contribution in [0.1, 0.15) is 46.5 Å². The fraction of sp³-hybridized carbons (Fsp3) is 0.923. The third kappa shape index (κ3) is 3.87. The third-order valence-electron chi connectivity index (χ3n) is 3.46. The molecule has 0 aromatic heterocycles. The lowest BCUT2D eigenvalue weighted by atomic mass is 9.97. The van der Waals surface area contributed by atoms with Crippen LogP contribution in [0.5, 0.6) is 0 Å². The summed E-state index contributed by atoms with van der Waals surface area (Å²) in [6.07, 6.45) is 4.27. The molecule has 1 aliphatic heterocycles. The Hall–Kier alpha value is -0.770. The predicted octanol–water partition coefficient (Wildman–Crippen LogP) is 2.04. The van der Waals surface area contributed by atoms with E-state index >= 15 is 0 Å². The van der Waals surface area contributed by atoms with Crippen LogP contribution in [0, 0.1) is 5.92 Å². The van der Waals surface area contributed by atoms with E-state index in [0.29, 0.717) is 5.92 Å². The van der Waals surface area contributed by atoms with Crippen LogP contribution >= 0.6 is 0 Å². The summed E-state index contributed by atoms with van der Waals surface area (Å²) in [6, 6.07) is 0. The van der Waals surface area contributed by atoms with Crippen molar-refractivity contribution in [2.24, 2.45) is 5.92 Å². The van der Waals surface area contributed by atoms with Gasteiger partial charge in [0, 0.05) is 5.54 Å². The van der Waals surface area contributed by atoms with Crippen molar-refractivity contribution >= 4 is 6.09 Å². The van der Waals surface area contributed by atoms with Gasteiger partial charge in [0.15, 0.2) is 0 Å². The van der Waals surface area contributed by atoms with Gasteiger partial charge in [0.25, 0.3) is 0 Å². The van der Waals surface area contributed by atoms with Crippen LogP contribution in [0.3, 0.4) is 0 Å². The Morgan fingerprint density at radius 2 is 2.18 bits per heavy atom.